The van der Waals surface area contributed by atoms with Gasteiger partial charge in [-0.3, -0.25) is 14.4 Å². The number of piperidine rings is 1. The molecular formula is C52H83NO12. The summed E-state index contributed by atoms with van der Waals surface area (Å²) >= 11 is 0. The molecule has 0 aromatic carbocycles. The number of carbonyl (C=O) groups excluding carboxylic acids is 4. The zero-order valence-electron chi connectivity index (χ0n) is 41.3. The van der Waals surface area contributed by atoms with Crippen LogP contribution in [0.15, 0.2) is 47.6 Å². The van der Waals surface area contributed by atoms with Crippen molar-refractivity contribution in [3.05, 3.63) is 47.6 Å². The second-order valence-electron chi connectivity index (χ2n) is 20.2. The number of amides is 1. The lowest BCUT2D eigenvalue weighted by atomic mass is 9.77. The van der Waals surface area contributed by atoms with E-state index in [0.717, 1.165) is 12.0 Å². The summed E-state index contributed by atoms with van der Waals surface area (Å²) in [5, 5.41) is 34.0. The number of hydrogen-bond acceptors (Lipinski definition) is 12. The number of esters is 1. The molecule has 3 heterocycles. The molecular weight excluding hydrogens is 831 g/mol. The fraction of sp³-hybridized carbons (Fsp3) is 0.769. The molecule has 3 fully saturated rings. The number of methoxy groups -OCH3 is 3. The van der Waals surface area contributed by atoms with Gasteiger partial charge < -0.3 is 43.9 Å². The fourth-order valence-corrected chi connectivity index (χ4v) is 10.4. The van der Waals surface area contributed by atoms with Gasteiger partial charge in [0.2, 0.25) is 5.79 Å². The van der Waals surface area contributed by atoms with Crippen LogP contribution in [0.4, 0.5) is 0 Å². The van der Waals surface area contributed by atoms with Gasteiger partial charge in [-0.2, -0.15) is 0 Å². The van der Waals surface area contributed by atoms with Crippen molar-refractivity contribution in [2.75, 3.05) is 27.9 Å². The van der Waals surface area contributed by atoms with Crippen LogP contribution in [0.5, 0.6) is 0 Å². The SMILES string of the molecule is COC1CC2CC[C@@H](C)[C@@](O)(O2)C(=O)C(=O)N2CCCC[C@H]2C(=O)O[C@H]([C@H](C)C[C@@H]2CC[C@H](O)[C@H](OC)C2)CC(C)[C@H](C)/C=C(\C)[C@@H](O)[C@H](OC)C(=O)[C@H](C)C[C@H](C)/C=C/C=C/C=C/1C. The lowest BCUT2D eigenvalue weighted by Gasteiger charge is -2.43. The Kier molecular flexibility index (Phi) is 21.3. The van der Waals surface area contributed by atoms with E-state index in [1.54, 1.807) is 28.1 Å². The van der Waals surface area contributed by atoms with Crippen LogP contribution in [0.25, 0.3) is 0 Å². The van der Waals surface area contributed by atoms with Crippen LogP contribution < -0.4 is 0 Å². The summed E-state index contributed by atoms with van der Waals surface area (Å²) in [6.07, 6.45) is 13.8. The van der Waals surface area contributed by atoms with Crippen LogP contribution in [-0.2, 0) is 42.9 Å². The minimum absolute atomic E-state index is 0.0554. The number of rotatable bonds is 6. The highest BCUT2D eigenvalue weighted by atomic mass is 16.6. The molecule has 16 atom stereocenters. The zero-order valence-corrected chi connectivity index (χ0v) is 41.3. The average Bonchev–Trinajstić information content (AvgIpc) is 3.28. The van der Waals surface area contributed by atoms with Crippen molar-refractivity contribution < 1.29 is 58.2 Å². The smallest absolute Gasteiger partial charge is 0.329 e. The van der Waals surface area contributed by atoms with Gasteiger partial charge in [0.1, 0.15) is 24.4 Å². The fourth-order valence-electron chi connectivity index (χ4n) is 10.4. The van der Waals surface area contributed by atoms with Crippen LogP contribution in [-0.4, -0.2) is 126 Å². The first-order valence-corrected chi connectivity index (χ1v) is 24.4. The molecule has 1 saturated carbocycles. The molecule has 0 aromatic rings. The molecule has 3 aliphatic heterocycles. The second kappa shape index (κ2) is 25.4. The van der Waals surface area contributed by atoms with E-state index < -0.39 is 72.0 Å². The molecule has 3 N–H and O–H groups in total. The van der Waals surface area contributed by atoms with Crippen molar-refractivity contribution in [3.8, 4) is 0 Å². The lowest BCUT2D eigenvalue weighted by molar-refractivity contribution is -0.265. The number of ether oxygens (including phenoxy) is 5. The monoisotopic (exact) mass is 914 g/mol. The van der Waals surface area contributed by atoms with E-state index in [1.807, 2.05) is 64.2 Å². The van der Waals surface area contributed by atoms with Crippen molar-refractivity contribution >= 4 is 23.4 Å². The quantitative estimate of drug-likeness (QED) is 0.138. The summed E-state index contributed by atoms with van der Waals surface area (Å²) in [6.45, 7) is 15.7. The predicted octanol–water partition coefficient (Wildman–Crippen LogP) is 7.25. The zero-order chi connectivity index (χ0) is 48.2. The van der Waals surface area contributed by atoms with E-state index in [2.05, 4.69) is 13.8 Å². The van der Waals surface area contributed by atoms with Gasteiger partial charge in [0, 0.05) is 46.1 Å². The third kappa shape index (κ3) is 14.5. The highest BCUT2D eigenvalue weighted by Gasteiger charge is 2.53. The van der Waals surface area contributed by atoms with E-state index in [1.165, 1.54) is 12.0 Å². The Hall–Kier alpha value is -3.04. The minimum atomic E-state index is -2.38. The molecule has 65 heavy (non-hydrogen) atoms. The number of carbonyl (C=O) groups is 4. The number of cyclic esters (lactones) is 1. The van der Waals surface area contributed by atoms with Gasteiger partial charge in [0.05, 0.1) is 24.4 Å². The van der Waals surface area contributed by atoms with Gasteiger partial charge >= 0.3 is 5.97 Å². The largest absolute Gasteiger partial charge is 0.461 e. The maximum Gasteiger partial charge on any atom is 0.329 e. The van der Waals surface area contributed by atoms with E-state index >= 15 is 0 Å². The van der Waals surface area contributed by atoms with Gasteiger partial charge in [-0.25, -0.2) is 4.79 Å². The van der Waals surface area contributed by atoms with E-state index in [4.69, 9.17) is 23.7 Å². The molecule has 368 valence electrons. The van der Waals surface area contributed by atoms with E-state index in [-0.39, 0.29) is 53.9 Å². The van der Waals surface area contributed by atoms with Crippen molar-refractivity contribution in [3.63, 3.8) is 0 Å². The number of fused-ring (bicyclic) bond motifs is 3. The van der Waals surface area contributed by atoms with Crippen molar-refractivity contribution in [1.29, 1.82) is 0 Å². The van der Waals surface area contributed by atoms with E-state index in [0.29, 0.717) is 76.2 Å². The molecule has 4 rings (SSSR count). The topological polar surface area (TPSA) is 178 Å². The Morgan fingerprint density at radius 1 is 0.831 bits per heavy atom. The molecule has 1 aliphatic carbocycles. The first-order chi connectivity index (χ1) is 30.7. The molecule has 0 aromatic heterocycles. The Morgan fingerprint density at radius 3 is 2.23 bits per heavy atom. The van der Waals surface area contributed by atoms with Crippen LogP contribution in [0, 0.1) is 41.4 Å². The summed E-state index contributed by atoms with van der Waals surface area (Å²) in [5.74, 6) is -6.22. The third-order valence-corrected chi connectivity index (χ3v) is 15.1. The number of ketones is 2. The number of hydrogen-bond donors (Lipinski definition) is 3. The van der Waals surface area contributed by atoms with Gasteiger partial charge in [0.15, 0.2) is 5.78 Å². The third-order valence-electron chi connectivity index (χ3n) is 15.1. The number of allylic oxidation sites excluding steroid dienone is 6. The van der Waals surface area contributed by atoms with Crippen molar-refractivity contribution in [2.24, 2.45) is 41.4 Å². The molecule has 2 bridgehead atoms. The summed E-state index contributed by atoms with van der Waals surface area (Å²) in [6, 6.07) is -1.03. The first kappa shape index (κ1) is 54.6. The second-order valence-corrected chi connectivity index (χ2v) is 20.2. The Bertz CT molecular complexity index is 1710. The number of aliphatic hydroxyl groups excluding tert-OH is 2. The van der Waals surface area contributed by atoms with Gasteiger partial charge in [-0.05, 0) is 125 Å². The van der Waals surface area contributed by atoms with Crippen LogP contribution in [0.3, 0.4) is 0 Å². The Balaban J connectivity index is 1.70. The average molecular weight is 914 g/mol. The Morgan fingerprint density at radius 2 is 1.55 bits per heavy atom. The lowest BCUT2D eigenvalue weighted by Crippen LogP contribution is -2.61. The molecule has 0 spiro atoms. The minimum Gasteiger partial charge on any atom is -0.461 e. The van der Waals surface area contributed by atoms with Crippen molar-refractivity contribution in [1.82, 2.24) is 4.90 Å². The standard InChI is InChI=1S/C52H83NO12/c1-31-17-13-12-14-18-32(2)43(61-9)30-40-22-20-38(8)52(60,65-40)49(57)50(58)53-24-16-15-19-41(53)51(59)64-44(35(5)27-39-21-23-42(54)45(29-39)62-10)28-34(4)33(3)26-37(7)47(56)48(63-11)46(55)36(6)25-31/h12-14,17-18,26,31,33-36,38-45,47-48,54,56,60H,15-16,19-25,27-30H2,1-11H3/b14-12+,17-13+,32-18+,37-26+/t31-,33-,34?,35-,36-,38-,39+,40?,41+,42+,43?,44+,45-,47-,48-,52-/m1/s1. The van der Waals surface area contributed by atoms with E-state index in [9.17, 15) is 34.5 Å². The first-order valence-electron chi connectivity index (χ1n) is 24.4. The summed E-state index contributed by atoms with van der Waals surface area (Å²) in [7, 11) is 4.65. The molecule has 4 aliphatic rings. The molecule has 3 unspecified atom stereocenters. The highest BCUT2D eigenvalue weighted by Crippen LogP contribution is 2.38. The summed E-state index contributed by atoms with van der Waals surface area (Å²) in [4.78, 5) is 58.0. The van der Waals surface area contributed by atoms with Crippen LogP contribution in [0.1, 0.15) is 132 Å². The van der Waals surface area contributed by atoms with Crippen molar-refractivity contribution in [2.45, 2.75) is 187 Å². The summed E-state index contributed by atoms with van der Waals surface area (Å²) < 4.78 is 29.8. The number of Topliss-reactive ketones (excluding diaryl/α,β-unsaturated/α-hetero) is 2. The van der Waals surface area contributed by atoms with Gasteiger partial charge in [0.25, 0.3) is 11.7 Å². The molecule has 1 amide bonds. The normalized spacial score (nSPS) is 41.5. The molecule has 2 saturated heterocycles. The van der Waals surface area contributed by atoms with Gasteiger partial charge in [-0.1, -0.05) is 78.0 Å². The highest BCUT2D eigenvalue weighted by molar-refractivity contribution is 6.39. The Labute approximate surface area is 389 Å². The predicted molar refractivity (Wildman–Crippen MR) is 249 cm³/mol. The van der Waals surface area contributed by atoms with Gasteiger partial charge in [-0.15, -0.1) is 0 Å². The molecule has 13 heteroatoms. The molecule has 13 nitrogen and oxygen atoms in total. The summed E-state index contributed by atoms with van der Waals surface area (Å²) in [5.41, 5.74) is 1.51. The number of nitrogens with zero attached hydrogens (tertiary/aromatic N) is 1. The maximum atomic E-state index is 14.5. The molecule has 0 radical (unpaired) electrons. The maximum absolute atomic E-state index is 14.5. The number of aliphatic hydroxyl groups is 3. The van der Waals surface area contributed by atoms with Crippen LogP contribution >= 0.6 is 0 Å². The van der Waals surface area contributed by atoms with Crippen LogP contribution in [0.2, 0.25) is 0 Å².